The van der Waals surface area contributed by atoms with Crippen molar-refractivity contribution in [2.24, 2.45) is 0 Å². The number of nitrogens with zero attached hydrogens (tertiary/aromatic N) is 1. The monoisotopic (exact) mass is 426 g/mol. The van der Waals surface area contributed by atoms with Gasteiger partial charge in [0.2, 0.25) is 0 Å². The molecular formula is C24H30N2O3S. The lowest BCUT2D eigenvalue weighted by atomic mass is 10.0. The lowest BCUT2D eigenvalue weighted by molar-refractivity contribution is 0.206. The molecule has 6 heteroatoms. The molecule has 1 saturated carbocycles. The van der Waals surface area contributed by atoms with Gasteiger partial charge in [-0.2, -0.15) is 0 Å². The van der Waals surface area contributed by atoms with Crippen LogP contribution in [0.25, 0.3) is 0 Å². The summed E-state index contributed by atoms with van der Waals surface area (Å²) in [5, 5.41) is 3.84. The van der Waals surface area contributed by atoms with Crippen molar-refractivity contribution in [2.45, 2.75) is 54.7 Å². The van der Waals surface area contributed by atoms with Crippen LogP contribution in [-0.4, -0.2) is 36.9 Å². The number of urea groups is 1. The van der Waals surface area contributed by atoms with Gasteiger partial charge in [0, 0.05) is 22.3 Å². The van der Waals surface area contributed by atoms with Crippen LogP contribution < -0.4 is 14.8 Å². The fourth-order valence-corrected chi connectivity index (χ4v) is 5.81. The molecule has 30 heavy (non-hydrogen) atoms. The fourth-order valence-electron chi connectivity index (χ4n) is 4.48. The molecule has 1 aliphatic carbocycles. The molecule has 1 unspecified atom stereocenters. The molecular weight excluding hydrogens is 396 g/mol. The van der Waals surface area contributed by atoms with Gasteiger partial charge in [-0.05, 0) is 56.0 Å². The van der Waals surface area contributed by atoms with Crippen molar-refractivity contribution >= 4 is 23.5 Å². The number of benzene rings is 2. The molecule has 4 rings (SSSR count). The minimum Gasteiger partial charge on any atom is -0.497 e. The van der Waals surface area contributed by atoms with E-state index in [1.165, 1.54) is 25.7 Å². The molecule has 1 heterocycles. The molecule has 2 fully saturated rings. The van der Waals surface area contributed by atoms with E-state index in [1.807, 2.05) is 53.1 Å². The molecule has 0 spiro atoms. The Balaban J connectivity index is 1.53. The van der Waals surface area contributed by atoms with E-state index >= 15 is 0 Å². The number of hydrogen-bond acceptors (Lipinski definition) is 4. The Hall–Kier alpha value is -2.34. The summed E-state index contributed by atoms with van der Waals surface area (Å²) in [5.74, 6) is 1.56. The topological polar surface area (TPSA) is 50.8 Å². The van der Waals surface area contributed by atoms with E-state index in [1.54, 1.807) is 14.2 Å². The van der Waals surface area contributed by atoms with Gasteiger partial charge in [-0.3, -0.25) is 0 Å². The highest BCUT2D eigenvalue weighted by molar-refractivity contribution is 8.00. The van der Waals surface area contributed by atoms with Gasteiger partial charge in [0.1, 0.15) is 11.5 Å². The summed E-state index contributed by atoms with van der Waals surface area (Å²) in [5.41, 5.74) is 1.90. The first kappa shape index (κ1) is 20.9. The van der Waals surface area contributed by atoms with Gasteiger partial charge in [0.25, 0.3) is 0 Å². The highest BCUT2D eigenvalue weighted by Gasteiger charge is 2.32. The molecule has 5 nitrogen and oxygen atoms in total. The number of rotatable bonds is 6. The van der Waals surface area contributed by atoms with Crippen molar-refractivity contribution < 1.29 is 14.3 Å². The smallest absolute Gasteiger partial charge is 0.322 e. The van der Waals surface area contributed by atoms with Crippen LogP contribution in [0.15, 0.2) is 47.4 Å². The van der Waals surface area contributed by atoms with E-state index in [4.69, 9.17) is 9.47 Å². The molecule has 0 aromatic heterocycles. The molecule has 1 N–H and O–H groups in total. The molecule has 160 valence electrons. The zero-order valence-corrected chi connectivity index (χ0v) is 18.5. The number of carbonyl (C=O) groups is 1. The largest absolute Gasteiger partial charge is 0.497 e. The molecule has 0 radical (unpaired) electrons. The first-order valence-electron chi connectivity index (χ1n) is 10.7. The van der Waals surface area contributed by atoms with Gasteiger partial charge in [-0.15, -0.1) is 11.8 Å². The van der Waals surface area contributed by atoms with Crippen molar-refractivity contribution in [1.29, 1.82) is 0 Å². The SMILES string of the molecule is COc1ccc(OC)c(C2CCCN2C(=O)Nc2ccccc2SC2CCCC2)c1. The Kier molecular flexibility index (Phi) is 6.72. The first-order valence-corrected chi connectivity index (χ1v) is 11.6. The minimum absolute atomic E-state index is 0.0234. The maximum atomic E-state index is 13.3. The molecule has 2 amide bonds. The van der Waals surface area contributed by atoms with Crippen LogP contribution in [0.5, 0.6) is 11.5 Å². The van der Waals surface area contributed by atoms with Gasteiger partial charge in [0.05, 0.1) is 25.9 Å². The van der Waals surface area contributed by atoms with Crippen LogP contribution >= 0.6 is 11.8 Å². The van der Waals surface area contributed by atoms with Crippen LogP contribution in [0, 0.1) is 0 Å². The maximum absolute atomic E-state index is 13.3. The van der Waals surface area contributed by atoms with E-state index in [9.17, 15) is 4.79 Å². The lowest BCUT2D eigenvalue weighted by Gasteiger charge is -2.27. The van der Waals surface area contributed by atoms with E-state index in [2.05, 4.69) is 11.4 Å². The Morgan fingerprint density at radius 1 is 1.03 bits per heavy atom. The summed E-state index contributed by atoms with van der Waals surface area (Å²) >= 11 is 1.90. The summed E-state index contributed by atoms with van der Waals surface area (Å²) in [7, 11) is 3.32. The van der Waals surface area contributed by atoms with Crippen molar-refractivity contribution in [3.63, 3.8) is 0 Å². The van der Waals surface area contributed by atoms with Crippen molar-refractivity contribution in [3.05, 3.63) is 48.0 Å². The molecule has 0 bridgehead atoms. The Morgan fingerprint density at radius 3 is 2.60 bits per heavy atom. The van der Waals surface area contributed by atoms with Crippen LogP contribution in [0.2, 0.25) is 0 Å². The number of para-hydroxylation sites is 1. The number of likely N-dealkylation sites (tertiary alicyclic amines) is 1. The van der Waals surface area contributed by atoms with Gasteiger partial charge >= 0.3 is 6.03 Å². The predicted octanol–water partition coefficient (Wildman–Crippen LogP) is 6.11. The molecule has 1 aliphatic heterocycles. The number of hydrogen-bond donors (Lipinski definition) is 1. The first-order chi connectivity index (χ1) is 14.7. The normalized spacial score (nSPS) is 19.1. The van der Waals surface area contributed by atoms with Crippen molar-refractivity contribution in [3.8, 4) is 11.5 Å². The number of amides is 2. The highest BCUT2D eigenvalue weighted by Crippen LogP contribution is 2.41. The van der Waals surface area contributed by atoms with E-state index in [-0.39, 0.29) is 12.1 Å². The number of thioether (sulfide) groups is 1. The molecule has 2 aromatic rings. The standard InChI is InChI=1S/C24H30N2O3S/c1-28-17-13-14-22(29-2)19(16-17)21-11-7-15-26(21)24(27)25-20-10-5-6-12-23(20)30-18-8-3-4-9-18/h5-6,10,12-14,16,18,21H,3-4,7-9,11,15H2,1-2H3,(H,25,27). The number of nitrogens with one attached hydrogen (secondary N) is 1. The third-order valence-corrected chi connectivity index (χ3v) is 7.45. The quantitative estimate of drug-likeness (QED) is 0.606. The summed E-state index contributed by atoms with van der Waals surface area (Å²) < 4.78 is 11.0. The second-order valence-electron chi connectivity index (χ2n) is 7.91. The average molecular weight is 427 g/mol. The van der Waals surface area contributed by atoms with Gasteiger partial charge in [-0.1, -0.05) is 25.0 Å². The zero-order valence-electron chi connectivity index (χ0n) is 17.7. The Morgan fingerprint density at radius 2 is 1.83 bits per heavy atom. The van der Waals surface area contributed by atoms with Crippen molar-refractivity contribution in [1.82, 2.24) is 4.90 Å². The number of ether oxygens (including phenoxy) is 2. The zero-order chi connectivity index (χ0) is 20.9. The molecule has 2 aliphatic rings. The predicted molar refractivity (Wildman–Crippen MR) is 122 cm³/mol. The summed E-state index contributed by atoms with van der Waals surface area (Å²) in [6, 6.07) is 13.9. The second-order valence-corrected chi connectivity index (χ2v) is 9.25. The fraction of sp³-hybridized carbons (Fsp3) is 0.458. The van der Waals surface area contributed by atoms with E-state index in [0.29, 0.717) is 5.25 Å². The van der Waals surface area contributed by atoms with Gasteiger partial charge in [-0.25, -0.2) is 4.79 Å². The van der Waals surface area contributed by atoms with Gasteiger partial charge in [0.15, 0.2) is 0 Å². The van der Waals surface area contributed by atoms with Crippen LogP contribution in [0.3, 0.4) is 0 Å². The molecule has 1 atom stereocenters. The molecule has 2 aromatic carbocycles. The number of anilines is 1. The Bertz CT molecular complexity index is 883. The van der Waals surface area contributed by atoms with Crippen LogP contribution in [-0.2, 0) is 0 Å². The summed E-state index contributed by atoms with van der Waals surface area (Å²) in [6.45, 7) is 0.731. The van der Waals surface area contributed by atoms with E-state index in [0.717, 1.165) is 47.0 Å². The van der Waals surface area contributed by atoms with Crippen LogP contribution in [0.4, 0.5) is 10.5 Å². The van der Waals surface area contributed by atoms with Crippen molar-refractivity contribution in [2.75, 3.05) is 26.1 Å². The number of carbonyl (C=O) groups excluding carboxylic acids is 1. The van der Waals surface area contributed by atoms with E-state index < -0.39 is 0 Å². The van der Waals surface area contributed by atoms with Crippen LogP contribution in [0.1, 0.15) is 50.1 Å². The lowest BCUT2D eigenvalue weighted by Crippen LogP contribution is -2.34. The average Bonchev–Trinajstić information content (AvgIpc) is 3.46. The highest BCUT2D eigenvalue weighted by atomic mass is 32.2. The number of methoxy groups -OCH3 is 2. The third-order valence-electron chi connectivity index (χ3n) is 6.03. The Labute approximate surface area is 183 Å². The second kappa shape index (κ2) is 9.65. The maximum Gasteiger partial charge on any atom is 0.322 e. The summed E-state index contributed by atoms with van der Waals surface area (Å²) in [6.07, 6.45) is 7.02. The third kappa shape index (κ3) is 4.53. The summed E-state index contributed by atoms with van der Waals surface area (Å²) in [4.78, 5) is 16.4. The van der Waals surface area contributed by atoms with Gasteiger partial charge < -0.3 is 19.7 Å². The molecule has 1 saturated heterocycles. The minimum atomic E-state index is -0.0538.